The van der Waals surface area contributed by atoms with E-state index in [-0.39, 0.29) is 18.1 Å². The number of nitrogens with two attached hydrogens (primary N) is 1. The van der Waals surface area contributed by atoms with Crippen LogP contribution >= 0.6 is 0 Å². The van der Waals surface area contributed by atoms with Crippen molar-refractivity contribution >= 4 is 17.4 Å². The third kappa shape index (κ3) is 4.62. The first-order valence-electron chi connectivity index (χ1n) is 6.32. The molecule has 0 saturated heterocycles. The Morgan fingerprint density at radius 2 is 2.05 bits per heavy atom. The Kier molecular flexibility index (Phi) is 5.85. The number of ether oxygens (including phenoxy) is 1. The number of anilines is 1. The highest BCUT2D eigenvalue weighted by Gasteiger charge is 2.11. The van der Waals surface area contributed by atoms with Crippen molar-refractivity contribution in [3.05, 3.63) is 23.8 Å². The molecule has 0 aliphatic heterocycles. The second-order valence-corrected chi connectivity index (χ2v) is 4.23. The number of methoxy groups -OCH3 is 1. The third-order valence-corrected chi connectivity index (χ3v) is 2.71. The Hall–Kier alpha value is -2.04. The summed E-state index contributed by atoms with van der Waals surface area (Å²) >= 11 is 0. The molecule has 0 unspecified atom stereocenters. The summed E-state index contributed by atoms with van der Waals surface area (Å²) in [5.41, 5.74) is 6.62. The van der Waals surface area contributed by atoms with E-state index in [0.29, 0.717) is 30.0 Å². The van der Waals surface area contributed by atoms with Gasteiger partial charge >= 0.3 is 0 Å². The highest BCUT2D eigenvalue weighted by atomic mass is 16.5. The molecule has 0 atom stereocenters. The van der Waals surface area contributed by atoms with E-state index in [0.717, 1.165) is 6.42 Å². The smallest absolute Gasteiger partial charge is 0.219 e. The first kappa shape index (κ1) is 15.0. The van der Waals surface area contributed by atoms with E-state index in [9.17, 15) is 9.59 Å². The summed E-state index contributed by atoms with van der Waals surface area (Å²) in [6, 6.07) is 4.96. The van der Waals surface area contributed by atoms with E-state index < -0.39 is 0 Å². The molecule has 0 saturated carbocycles. The molecule has 5 heteroatoms. The Balaban J connectivity index is 2.56. The minimum atomic E-state index is -0.104. The number of ketones is 1. The number of rotatable bonds is 7. The molecular formula is C14H20N2O3. The minimum absolute atomic E-state index is 0.0334. The van der Waals surface area contributed by atoms with Crippen molar-refractivity contribution in [1.82, 2.24) is 5.32 Å². The number of Topliss-reactive ketones (excluding diaryl/α,β-unsaturated/α-hetero) is 1. The fourth-order valence-corrected chi connectivity index (χ4v) is 1.67. The number of amides is 1. The maximum absolute atomic E-state index is 12.0. The molecule has 0 aliphatic rings. The first-order chi connectivity index (χ1) is 9.08. The summed E-state index contributed by atoms with van der Waals surface area (Å²) < 4.78 is 5.06. The van der Waals surface area contributed by atoms with Crippen molar-refractivity contribution in [1.29, 1.82) is 0 Å². The molecule has 0 fully saturated rings. The van der Waals surface area contributed by atoms with Gasteiger partial charge < -0.3 is 15.8 Å². The molecule has 1 amide bonds. The molecule has 5 nitrogen and oxygen atoms in total. The van der Waals surface area contributed by atoms with Gasteiger partial charge in [-0.1, -0.05) is 6.92 Å². The lowest BCUT2D eigenvalue weighted by Crippen LogP contribution is -2.25. The van der Waals surface area contributed by atoms with Crippen molar-refractivity contribution < 1.29 is 14.3 Å². The van der Waals surface area contributed by atoms with Gasteiger partial charge in [-0.3, -0.25) is 9.59 Å². The van der Waals surface area contributed by atoms with Crippen LogP contribution in [0.15, 0.2) is 18.2 Å². The molecular weight excluding hydrogens is 244 g/mol. The highest BCUT2D eigenvalue weighted by Crippen LogP contribution is 2.20. The third-order valence-electron chi connectivity index (χ3n) is 2.71. The molecule has 0 bridgehead atoms. The van der Waals surface area contributed by atoms with Crippen LogP contribution < -0.4 is 15.8 Å². The number of nitrogens with one attached hydrogen (secondary N) is 1. The minimum Gasteiger partial charge on any atom is -0.497 e. The SMILES string of the molecule is CCCC(=O)NCCC(=O)c1cc(OC)ccc1N. The van der Waals surface area contributed by atoms with Crippen molar-refractivity contribution in [2.24, 2.45) is 0 Å². The monoisotopic (exact) mass is 264 g/mol. The molecule has 0 heterocycles. The van der Waals surface area contributed by atoms with Gasteiger partial charge in [0.2, 0.25) is 5.91 Å². The molecule has 1 rings (SSSR count). The van der Waals surface area contributed by atoms with Crippen molar-refractivity contribution in [3.63, 3.8) is 0 Å². The molecule has 0 spiro atoms. The van der Waals surface area contributed by atoms with Gasteiger partial charge in [-0.15, -0.1) is 0 Å². The fraction of sp³-hybridized carbons (Fsp3) is 0.429. The maximum atomic E-state index is 12.0. The summed E-state index contributed by atoms with van der Waals surface area (Å²) in [5, 5.41) is 2.70. The van der Waals surface area contributed by atoms with E-state index in [4.69, 9.17) is 10.5 Å². The van der Waals surface area contributed by atoms with E-state index in [1.807, 2.05) is 6.92 Å². The Morgan fingerprint density at radius 3 is 2.68 bits per heavy atom. The standard InChI is InChI=1S/C14H20N2O3/c1-3-4-14(18)16-8-7-13(17)11-9-10(19-2)5-6-12(11)15/h5-6,9H,3-4,7-8,15H2,1-2H3,(H,16,18). The van der Waals surface area contributed by atoms with E-state index in [2.05, 4.69) is 5.32 Å². The summed E-state index contributed by atoms with van der Waals surface area (Å²) in [4.78, 5) is 23.2. The van der Waals surface area contributed by atoms with Gasteiger partial charge in [-0.05, 0) is 24.6 Å². The maximum Gasteiger partial charge on any atom is 0.219 e. The molecule has 0 aromatic heterocycles. The number of carbonyl (C=O) groups excluding carboxylic acids is 2. The van der Waals surface area contributed by atoms with E-state index >= 15 is 0 Å². The Labute approximate surface area is 113 Å². The van der Waals surface area contributed by atoms with Crippen LogP contribution in [0.25, 0.3) is 0 Å². The van der Waals surface area contributed by atoms with Crippen LogP contribution in [0.4, 0.5) is 5.69 Å². The molecule has 104 valence electrons. The van der Waals surface area contributed by atoms with E-state index in [1.54, 1.807) is 18.2 Å². The summed E-state index contributed by atoms with van der Waals surface area (Å²) in [7, 11) is 1.53. The fourth-order valence-electron chi connectivity index (χ4n) is 1.67. The van der Waals surface area contributed by atoms with Crippen LogP contribution in [-0.4, -0.2) is 25.3 Å². The van der Waals surface area contributed by atoms with Crippen LogP contribution in [0.1, 0.15) is 36.5 Å². The second kappa shape index (κ2) is 7.41. The Morgan fingerprint density at radius 1 is 1.32 bits per heavy atom. The number of hydrogen-bond acceptors (Lipinski definition) is 4. The molecule has 0 radical (unpaired) electrons. The van der Waals surface area contributed by atoms with Gasteiger partial charge in [0.1, 0.15) is 5.75 Å². The molecule has 19 heavy (non-hydrogen) atoms. The second-order valence-electron chi connectivity index (χ2n) is 4.23. The lowest BCUT2D eigenvalue weighted by molar-refractivity contribution is -0.121. The molecule has 0 aliphatic carbocycles. The molecule has 1 aromatic rings. The van der Waals surface area contributed by atoms with Crippen LogP contribution in [0.3, 0.4) is 0 Å². The zero-order valence-corrected chi connectivity index (χ0v) is 11.4. The van der Waals surface area contributed by atoms with Crippen LogP contribution in [0, 0.1) is 0 Å². The first-order valence-corrected chi connectivity index (χ1v) is 6.32. The molecule has 1 aromatic carbocycles. The summed E-state index contributed by atoms with van der Waals surface area (Å²) in [6.07, 6.45) is 1.50. The van der Waals surface area contributed by atoms with Crippen molar-refractivity contribution in [2.75, 3.05) is 19.4 Å². The van der Waals surface area contributed by atoms with Crippen molar-refractivity contribution in [2.45, 2.75) is 26.2 Å². The van der Waals surface area contributed by atoms with Crippen LogP contribution in [0.5, 0.6) is 5.75 Å². The Bertz CT molecular complexity index is 458. The summed E-state index contributed by atoms with van der Waals surface area (Å²) in [5.74, 6) is 0.453. The van der Waals surface area contributed by atoms with Crippen molar-refractivity contribution in [3.8, 4) is 5.75 Å². The van der Waals surface area contributed by atoms with Gasteiger partial charge in [-0.2, -0.15) is 0 Å². The zero-order valence-electron chi connectivity index (χ0n) is 11.4. The van der Waals surface area contributed by atoms with Gasteiger partial charge in [-0.25, -0.2) is 0 Å². The van der Waals surface area contributed by atoms with Crippen LogP contribution in [-0.2, 0) is 4.79 Å². The number of carbonyl (C=O) groups is 2. The predicted molar refractivity (Wildman–Crippen MR) is 74.3 cm³/mol. The topological polar surface area (TPSA) is 81.4 Å². The average molecular weight is 264 g/mol. The normalized spacial score (nSPS) is 10.0. The summed E-state index contributed by atoms with van der Waals surface area (Å²) in [6.45, 7) is 2.26. The van der Waals surface area contributed by atoms with Gasteiger partial charge in [0.05, 0.1) is 7.11 Å². The zero-order chi connectivity index (χ0) is 14.3. The van der Waals surface area contributed by atoms with Gasteiger partial charge in [0.25, 0.3) is 0 Å². The highest BCUT2D eigenvalue weighted by molar-refractivity contribution is 6.01. The predicted octanol–water partition coefficient (Wildman–Crippen LogP) is 1.77. The van der Waals surface area contributed by atoms with Gasteiger partial charge in [0.15, 0.2) is 5.78 Å². The van der Waals surface area contributed by atoms with Gasteiger partial charge in [0, 0.05) is 30.6 Å². The lowest BCUT2D eigenvalue weighted by atomic mass is 10.1. The quantitative estimate of drug-likeness (QED) is 0.581. The number of hydrogen-bond donors (Lipinski definition) is 2. The average Bonchev–Trinajstić information content (AvgIpc) is 2.39. The number of nitrogen functional groups attached to an aromatic ring is 1. The molecule has 3 N–H and O–H groups in total. The lowest BCUT2D eigenvalue weighted by Gasteiger charge is -2.08. The van der Waals surface area contributed by atoms with E-state index in [1.165, 1.54) is 7.11 Å². The van der Waals surface area contributed by atoms with Crippen LogP contribution in [0.2, 0.25) is 0 Å². The number of benzene rings is 1. The largest absolute Gasteiger partial charge is 0.497 e.